The number of aromatic nitrogens is 2. The van der Waals surface area contributed by atoms with E-state index in [2.05, 4.69) is 15.5 Å². The summed E-state index contributed by atoms with van der Waals surface area (Å²) in [7, 11) is 0. The highest BCUT2D eigenvalue weighted by Gasteiger charge is 2.17. The minimum absolute atomic E-state index is 0.0962. The largest absolute Gasteiger partial charge is 0.376 e. The van der Waals surface area contributed by atoms with Gasteiger partial charge < -0.3 is 14.8 Å². The number of carbonyl (C=O) groups is 1. The van der Waals surface area contributed by atoms with Crippen molar-refractivity contribution >= 4 is 28.8 Å². The van der Waals surface area contributed by atoms with Gasteiger partial charge in [-0.2, -0.15) is 0 Å². The SMILES string of the molecule is O=C(NCC1COCCO1)c1nnc(Cl)s1. The highest BCUT2D eigenvalue weighted by Crippen LogP contribution is 2.14. The van der Waals surface area contributed by atoms with E-state index in [9.17, 15) is 4.79 Å². The molecule has 1 amide bonds. The number of nitrogens with zero attached hydrogens (tertiary/aromatic N) is 2. The predicted molar refractivity (Wildman–Crippen MR) is 57.8 cm³/mol. The van der Waals surface area contributed by atoms with Gasteiger partial charge in [0.15, 0.2) is 0 Å². The molecule has 0 radical (unpaired) electrons. The van der Waals surface area contributed by atoms with E-state index in [0.29, 0.717) is 26.4 Å². The molecule has 6 nitrogen and oxygen atoms in total. The smallest absolute Gasteiger partial charge is 0.282 e. The first-order valence-electron chi connectivity index (χ1n) is 4.72. The zero-order chi connectivity index (χ0) is 11.4. The number of hydrogen-bond acceptors (Lipinski definition) is 6. The third-order valence-corrected chi connectivity index (χ3v) is 2.99. The molecular weight excluding hydrogens is 254 g/mol. The lowest BCUT2D eigenvalue weighted by atomic mass is 10.3. The van der Waals surface area contributed by atoms with Crippen LogP contribution in [0.1, 0.15) is 9.80 Å². The molecule has 1 saturated heterocycles. The molecule has 0 aliphatic carbocycles. The summed E-state index contributed by atoms with van der Waals surface area (Å²) in [5.41, 5.74) is 0. The van der Waals surface area contributed by atoms with Gasteiger partial charge >= 0.3 is 0 Å². The summed E-state index contributed by atoms with van der Waals surface area (Å²) < 4.78 is 10.8. The summed E-state index contributed by atoms with van der Waals surface area (Å²) in [6.07, 6.45) is -0.0962. The summed E-state index contributed by atoms with van der Waals surface area (Å²) in [5.74, 6) is -0.293. The third kappa shape index (κ3) is 3.11. The molecule has 0 spiro atoms. The Hall–Kier alpha value is -0.760. The lowest BCUT2D eigenvalue weighted by Gasteiger charge is -2.22. The van der Waals surface area contributed by atoms with Crippen molar-refractivity contribution in [1.82, 2.24) is 15.5 Å². The zero-order valence-corrected chi connectivity index (χ0v) is 9.88. The molecule has 0 bridgehead atoms. The Labute approximate surface area is 101 Å². The molecule has 0 aromatic carbocycles. The Morgan fingerprint density at radius 3 is 3.06 bits per heavy atom. The predicted octanol–water partition coefficient (Wildman–Crippen LogP) is 0.337. The number of ether oxygens (including phenoxy) is 2. The number of amides is 1. The lowest BCUT2D eigenvalue weighted by Crippen LogP contribution is -2.39. The van der Waals surface area contributed by atoms with Crippen molar-refractivity contribution in [3.8, 4) is 0 Å². The number of nitrogens with one attached hydrogen (secondary N) is 1. The zero-order valence-electron chi connectivity index (χ0n) is 8.31. The Kier molecular flexibility index (Phi) is 4.05. The van der Waals surface area contributed by atoms with Crippen LogP contribution in [0.15, 0.2) is 0 Å². The van der Waals surface area contributed by atoms with Crippen LogP contribution in [0.3, 0.4) is 0 Å². The normalized spacial score (nSPS) is 20.7. The second-order valence-corrected chi connectivity index (χ2v) is 4.70. The van der Waals surface area contributed by atoms with E-state index in [1.807, 2.05) is 0 Å². The molecule has 1 N–H and O–H groups in total. The lowest BCUT2D eigenvalue weighted by molar-refractivity contribution is -0.0855. The maximum Gasteiger partial charge on any atom is 0.282 e. The second-order valence-electron chi connectivity index (χ2n) is 3.14. The van der Waals surface area contributed by atoms with Gasteiger partial charge in [-0.05, 0) is 11.6 Å². The topological polar surface area (TPSA) is 73.3 Å². The van der Waals surface area contributed by atoms with Crippen molar-refractivity contribution in [2.75, 3.05) is 26.4 Å². The average molecular weight is 264 g/mol. The van der Waals surface area contributed by atoms with Gasteiger partial charge in [0.2, 0.25) is 9.47 Å². The van der Waals surface area contributed by atoms with Gasteiger partial charge in [0.1, 0.15) is 0 Å². The minimum Gasteiger partial charge on any atom is -0.376 e. The van der Waals surface area contributed by atoms with Gasteiger partial charge in [0.05, 0.1) is 25.9 Å². The number of halogens is 1. The van der Waals surface area contributed by atoms with Gasteiger partial charge in [-0.15, -0.1) is 10.2 Å². The molecule has 1 aromatic rings. The molecular formula is C8H10ClN3O3S. The standard InChI is InChI=1S/C8H10ClN3O3S/c9-8-12-11-7(16-8)6(13)10-3-5-4-14-1-2-15-5/h5H,1-4H2,(H,10,13). The van der Waals surface area contributed by atoms with Crippen LogP contribution in [0.4, 0.5) is 0 Å². The number of carbonyl (C=O) groups excluding carboxylic acids is 1. The quantitative estimate of drug-likeness (QED) is 0.851. The molecule has 0 saturated carbocycles. The molecule has 1 atom stereocenters. The van der Waals surface area contributed by atoms with Crippen LogP contribution in [0, 0.1) is 0 Å². The Bertz CT molecular complexity index is 367. The van der Waals surface area contributed by atoms with Gasteiger partial charge in [-0.25, -0.2) is 0 Å². The van der Waals surface area contributed by atoms with Gasteiger partial charge in [-0.1, -0.05) is 11.3 Å². The van der Waals surface area contributed by atoms with Crippen molar-refractivity contribution in [3.63, 3.8) is 0 Å². The van der Waals surface area contributed by atoms with Crippen molar-refractivity contribution in [3.05, 3.63) is 9.47 Å². The molecule has 2 heterocycles. The second kappa shape index (κ2) is 5.53. The molecule has 1 aliphatic rings. The molecule has 1 fully saturated rings. The van der Waals surface area contributed by atoms with Crippen molar-refractivity contribution in [2.24, 2.45) is 0 Å². The summed E-state index contributed by atoms with van der Waals surface area (Å²) in [6, 6.07) is 0. The van der Waals surface area contributed by atoms with E-state index >= 15 is 0 Å². The van der Waals surface area contributed by atoms with Crippen molar-refractivity contribution in [1.29, 1.82) is 0 Å². The van der Waals surface area contributed by atoms with Crippen LogP contribution in [-0.2, 0) is 9.47 Å². The Balaban J connectivity index is 1.79. The number of rotatable bonds is 3. The monoisotopic (exact) mass is 263 g/mol. The fraction of sp³-hybridized carbons (Fsp3) is 0.625. The molecule has 8 heteroatoms. The van der Waals surface area contributed by atoms with Crippen molar-refractivity contribution in [2.45, 2.75) is 6.10 Å². The van der Waals surface area contributed by atoms with E-state index in [1.165, 1.54) is 0 Å². The number of hydrogen-bond donors (Lipinski definition) is 1. The molecule has 88 valence electrons. The highest BCUT2D eigenvalue weighted by molar-refractivity contribution is 7.17. The Morgan fingerprint density at radius 2 is 2.44 bits per heavy atom. The van der Waals surface area contributed by atoms with Crippen LogP contribution in [-0.4, -0.2) is 48.6 Å². The van der Waals surface area contributed by atoms with E-state index < -0.39 is 0 Å². The van der Waals surface area contributed by atoms with E-state index in [1.54, 1.807) is 0 Å². The first-order valence-corrected chi connectivity index (χ1v) is 5.91. The van der Waals surface area contributed by atoms with Crippen LogP contribution in [0.2, 0.25) is 4.47 Å². The maximum absolute atomic E-state index is 11.5. The van der Waals surface area contributed by atoms with Crippen LogP contribution >= 0.6 is 22.9 Å². The van der Waals surface area contributed by atoms with Gasteiger partial charge in [0, 0.05) is 6.54 Å². The van der Waals surface area contributed by atoms with E-state index in [4.69, 9.17) is 21.1 Å². The fourth-order valence-corrected chi connectivity index (χ4v) is 1.98. The maximum atomic E-state index is 11.5. The molecule has 2 rings (SSSR count). The summed E-state index contributed by atoms with van der Waals surface area (Å²) >= 11 is 6.62. The average Bonchev–Trinajstić information content (AvgIpc) is 2.74. The van der Waals surface area contributed by atoms with Gasteiger partial charge in [0.25, 0.3) is 5.91 Å². The minimum atomic E-state index is -0.293. The summed E-state index contributed by atoms with van der Waals surface area (Å²) in [4.78, 5) is 11.5. The highest BCUT2D eigenvalue weighted by atomic mass is 35.5. The first-order chi connectivity index (χ1) is 7.75. The molecule has 16 heavy (non-hydrogen) atoms. The van der Waals surface area contributed by atoms with Crippen LogP contribution in [0.25, 0.3) is 0 Å². The third-order valence-electron chi connectivity index (χ3n) is 1.97. The molecule has 1 unspecified atom stereocenters. The summed E-state index contributed by atoms with van der Waals surface area (Å²) in [6.45, 7) is 2.06. The van der Waals surface area contributed by atoms with Crippen molar-refractivity contribution < 1.29 is 14.3 Å². The van der Waals surface area contributed by atoms with E-state index in [-0.39, 0.29) is 21.5 Å². The first kappa shape index (κ1) is 11.7. The fourth-order valence-electron chi connectivity index (χ4n) is 1.23. The summed E-state index contributed by atoms with van der Waals surface area (Å²) in [5, 5.41) is 10.1. The van der Waals surface area contributed by atoms with E-state index in [0.717, 1.165) is 11.3 Å². The molecule has 1 aromatic heterocycles. The van der Waals surface area contributed by atoms with Gasteiger partial charge in [-0.3, -0.25) is 4.79 Å². The van der Waals surface area contributed by atoms with Crippen LogP contribution in [0.5, 0.6) is 0 Å². The van der Waals surface area contributed by atoms with Crippen LogP contribution < -0.4 is 5.32 Å². The molecule has 1 aliphatic heterocycles. The Morgan fingerprint density at radius 1 is 1.56 bits per heavy atom.